The molecule has 0 bridgehead atoms. The normalized spacial score (nSPS) is 25.7. The number of carbonyl (C=O) groups is 1. The molecule has 0 saturated heterocycles. The monoisotopic (exact) mass is 440 g/mol. The number of carbonyl (C=O) groups excluding carboxylic acids is 1. The highest BCUT2D eigenvalue weighted by atomic mass is 16.5. The van der Waals surface area contributed by atoms with Gasteiger partial charge >= 0.3 is 5.97 Å². The third kappa shape index (κ3) is 10.2. The van der Waals surface area contributed by atoms with Crippen molar-refractivity contribution in [3.8, 4) is 0 Å². The predicted molar refractivity (Wildman–Crippen MR) is 129 cm³/mol. The van der Waals surface area contributed by atoms with Crippen molar-refractivity contribution in [3.63, 3.8) is 0 Å². The second-order valence-electron chi connectivity index (χ2n) is 12.0. The minimum absolute atomic E-state index is 0.0444. The highest BCUT2D eigenvalue weighted by Crippen LogP contribution is 2.50. The number of aliphatic hydroxyl groups is 2. The number of ether oxygens (including phenoxy) is 1. The van der Waals surface area contributed by atoms with Crippen LogP contribution in [0.15, 0.2) is 0 Å². The Morgan fingerprint density at radius 1 is 1.13 bits per heavy atom. The van der Waals surface area contributed by atoms with Crippen molar-refractivity contribution in [1.82, 2.24) is 0 Å². The van der Waals surface area contributed by atoms with Crippen molar-refractivity contribution in [1.29, 1.82) is 0 Å². The van der Waals surface area contributed by atoms with Crippen molar-refractivity contribution in [2.24, 2.45) is 23.2 Å². The van der Waals surface area contributed by atoms with Crippen LogP contribution in [-0.4, -0.2) is 33.5 Å². The Morgan fingerprint density at radius 2 is 1.77 bits per heavy atom. The van der Waals surface area contributed by atoms with Gasteiger partial charge in [0.1, 0.15) is 6.10 Å². The number of hydrogen-bond acceptors (Lipinski definition) is 4. The van der Waals surface area contributed by atoms with Gasteiger partial charge in [-0.25, -0.2) is 0 Å². The minimum atomic E-state index is -0.660. The van der Waals surface area contributed by atoms with E-state index in [0.717, 1.165) is 57.8 Å². The van der Waals surface area contributed by atoms with Gasteiger partial charge in [0.05, 0.1) is 11.2 Å². The fourth-order valence-corrected chi connectivity index (χ4v) is 5.75. The highest BCUT2D eigenvalue weighted by Gasteiger charge is 2.42. The van der Waals surface area contributed by atoms with Gasteiger partial charge in [-0.15, -0.1) is 0 Å². The molecule has 0 aromatic heterocycles. The van der Waals surface area contributed by atoms with Crippen molar-refractivity contribution in [2.75, 3.05) is 0 Å². The number of rotatable bonds is 13. The lowest BCUT2D eigenvalue weighted by Crippen LogP contribution is -2.41. The average molecular weight is 441 g/mol. The second-order valence-corrected chi connectivity index (χ2v) is 12.0. The Kier molecular flexibility index (Phi) is 11.0. The molecule has 184 valence electrons. The van der Waals surface area contributed by atoms with E-state index in [-0.39, 0.29) is 23.4 Å². The molecule has 0 aliphatic heterocycles. The van der Waals surface area contributed by atoms with Gasteiger partial charge in [-0.3, -0.25) is 4.79 Å². The quantitative estimate of drug-likeness (QED) is 0.314. The number of hydrogen-bond donors (Lipinski definition) is 2. The van der Waals surface area contributed by atoms with Crippen LogP contribution in [0.2, 0.25) is 0 Å². The molecule has 1 fully saturated rings. The van der Waals surface area contributed by atoms with Crippen LogP contribution in [0.25, 0.3) is 0 Å². The van der Waals surface area contributed by atoms with Gasteiger partial charge in [-0.1, -0.05) is 40.0 Å². The predicted octanol–water partition coefficient (Wildman–Crippen LogP) is 6.66. The van der Waals surface area contributed by atoms with Gasteiger partial charge in [0, 0.05) is 6.92 Å². The summed E-state index contributed by atoms with van der Waals surface area (Å²) in [5, 5.41) is 20.7. The van der Waals surface area contributed by atoms with E-state index in [1.807, 2.05) is 27.7 Å². The lowest BCUT2D eigenvalue weighted by atomic mass is 9.59. The summed E-state index contributed by atoms with van der Waals surface area (Å²) < 4.78 is 5.66. The summed E-state index contributed by atoms with van der Waals surface area (Å²) >= 11 is 0. The first-order chi connectivity index (χ1) is 14.2. The molecule has 31 heavy (non-hydrogen) atoms. The maximum Gasteiger partial charge on any atom is 0.302 e. The molecule has 1 rings (SSSR count). The molecule has 0 aromatic carbocycles. The molecular formula is C27H52O4. The first-order valence-electron chi connectivity index (χ1n) is 12.8. The van der Waals surface area contributed by atoms with Crippen LogP contribution in [0.1, 0.15) is 126 Å². The van der Waals surface area contributed by atoms with Crippen molar-refractivity contribution in [2.45, 2.75) is 143 Å². The average Bonchev–Trinajstić information content (AvgIpc) is 2.60. The third-order valence-electron chi connectivity index (χ3n) is 7.90. The van der Waals surface area contributed by atoms with E-state index in [1.165, 1.54) is 19.8 Å². The van der Waals surface area contributed by atoms with Crippen molar-refractivity contribution >= 4 is 5.97 Å². The summed E-state index contributed by atoms with van der Waals surface area (Å²) in [4.78, 5) is 11.6. The Bertz CT molecular complexity index is 530. The molecule has 1 saturated carbocycles. The Balaban J connectivity index is 3.03. The Labute approximate surface area is 192 Å². The van der Waals surface area contributed by atoms with E-state index >= 15 is 0 Å². The fraction of sp³-hybridized carbons (Fsp3) is 0.963. The Hall–Kier alpha value is -0.610. The largest absolute Gasteiger partial charge is 0.463 e. The summed E-state index contributed by atoms with van der Waals surface area (Å²) in [5.41, 5.74) is -1.11. The first-order valence-corrected chi connectivity index (χ1v) is 12.8. The second kappa shape index (κ2) is 12.0. The van der Waals surface area contributed by atoms with Crippen LogP contribution in [-0.2, 0) is 9.53 Å². The van der Waals surface area contributed by atoms with Crippen LogP contribution in [0.3, 0.4) is 0 Å². The lowest BCUT2D eigenvalue weighted by Gasteiger charge is -2.47. The fourth-order valence-electron chi connectivity index (χ4n) is 5.75. The zero-order chi connectivity index (χ0) is 23.9. The molecule has 4 heteroatoms. The third-order valence-corrected chi connectivity index (χ3v) is 7.90. The molecule has 5 atom stereocenters. The standard InChI is InChI=1S/C27H52O4/c1-9-12-24(27(8)18-11-14-23(19-27)31-21(3)28)22(13-10-17-25(4,5)29)16-15-20(2)26(6,7)30/h20,22-24,29-30H,9-19H2,1-8H3/t20?,22?,23-,24?,27-/m0/s1. The van der Waals surface area contributed by atoms with Gasteiger partial charge < -0.3 is 14.9 Å². The summed E-state index contributed by atoms with van der Waals surface area (Å²) in [6, 6.07) is 0. The van der Waals surface area contributed by atoms with Crippen LogP contribution in [0, 0.1) is 23.2 Å². The van der Waals surface area contributed by atoms with Crippen LogP contribution in [0.5, 0.6) is 0 Å². The zero-order valence-corrected chi connectivity index (χ0v) is 21.8. The van der Waals surface area contributed by atoms with Crippen LogP contribution < -0.4 is 0 Å². The van der Waals surface area contributed by atoms with Gasteiger partial charge in [0.2, 0.25) is 0 Å². The maximum atomic E-state index is 11.6. The maximum absolute atomic E-state index is 11.6. The Morgan fingerprint density at radius 3 is 2.29 bits per heavy atom. The SMILES string of the molecule is CCCC(C(CCCC(C)(C)O)CCC(C)C(C)(C)O)[C@@]1(C)CCC[C@H](OC(C)=O)C1. The van der Waals surface area contributed by atoms with Crippen molar-refractivity contribution in [3.05, 3.63) is 0 Å². The zero-order valence-electron chi connectivity index (χ0n) is 21.8. The highest BCUT2D eigenvalue weighted by molar-refractivity contribution is 5.66. The molecule has 1 aliphatic carbocycles. The van der Waals surface area contributed by atoms with Gasteiger partial charge in [0.25, 0.3) is 0 Å². The van der Waals surface area contributed by atoms with E-state index in [2.05, 4.69) is 20.8 Å². The topological polar surface area (TPSA) is 66.8 Å². The van der Waals surface area contributed by atoms with Crippen molar-refractivity contribution < 1.29 is 19.7 Å². The van der Waals surface area contributed by atoms with E-state index in [9.17, 15) is 15.0 Å². The molecule has 0 heterocycles. The van der Waals surface area contributed by atoms with E-state index in [0.29, 0.717) is 11.8 Å². The molecule has 0 amide bonds. The van der Waals surface area contributed by atoms with Gasteiger partial charge in [0.15, 0.2) is 0 Å². The molecule has 2 N–H and O–H groups in total. The molecule has 1 aliphatic rings. The van der Waals surface area contributed by atoms with Crippen LogP contribution in [0.4, 0.5) is 0 Å². The summed E-state index contributed by atoms with van der Waals surface area (Å²) in [6.07, 6.45) is 11.7. The minimum Gasteiger partial charge on any atom is -0.463 e. The number of esters is 1. The first kappa shape index (κ1) is 28.4. The van der Waals surface area contributed by atoms with E-state index in [1.54, 1.807) is 0 Å². The molecule has 4 nitrogen and oxygen atoms in total. The van der Waals surface area contributed by atoms with E-state index in [4.69, 9.17) is 4.74 Å². The van der Waals surface area contributed by atoms with Gasteiger partial charge in [-0.2, -0.15) is 0 Å². The lowest BCUT2D eigenvalue weighted by molar-refractivity contribution is -0.151. The molecule has 0 radical (unpaired) electrons. The molecule has 3 unspecified atom stereocenters. The summed E-state index contributed by atoms with van der Waals surface area (Å²) in [5.74, 6) is 1.22. The van der Waals surface area contributed by atoms with Gasteiger partial charge in [-0.05, 0) is 102 Å². The van der Waals surface area contributed by atoms with E-state index < -0.39 is 11.2 Å². The molecule has 0 spiro atoms. The summed E-state index contributed by atoms with van der Waals surface area (Å²) in [7, 11) is 0. The molecule has 0 aromatic rings. The molecular weight excluding hydrogens is 388 g/mol. The summed E-state index contributed by atoms with van der Waals surface area (Å²) in [6.45, 7) is 16.0. The van der Waals surface area contributed by atoms with Crippen LogP contribution >= 0.6 is 0 Å². The smallest absolute Gasteiger partial charge is 0.302 e.